The van der Waals surface area contributed by atoms with Crippen LogP contribution in [0.3, 0.4) is 0 Å². The third-order valence-electron chi connectivity index (χ3n) is 2.68. The maximum atomic E-state index is 11.4. The lowest BCUT2D eigenvalue weighted by Gasteiger charge is -2.03. The fraction of sp³-hybridized carbons (Fsp3) is 0.250. The molecule has 0 aliphatic carbocycles. The molecule has 0 fully saturated rings. The van der Waals surface area contributed by atoms with Crippen LogP contribution >= 0.6 is 0 Å². The Morgan fingerprint density at radius 1 is 1.40 bits per heavy atom. The molecule has 0 unspecified atom stereocenters. The zero-order chi connectivity index (χ0) is 14.8. The Labute approximate surface area is 115 Å². The Morgan fingerprint density at radius 2 is 2.15 bits per heavy atom. The van der Waals surface area contributed by atoms with Crippen molar-refractivity contribution in [3.05, 3.63) is 36.0 Å². The van der Waals surface area contributed by atoms with Gasteiger partial charge in [0.05, 0.1) is 18.4 Å². The smallest absolute Gasteiger partial charge is 0.337 e. The van der Waals surface area contributed by atoms with Crippen molar-refractivity contribution in [2.45, 2.75) is 6.54 Å². The highest BCUT2D eigenvalue weighted by molar-refractivity contribution is 7.85. The molecule has 0 spiro atoms. The van der Waals surface area contributed by atoms with Crippen LogP contribution in [0.15, 0.2) is 30.5 Å². The topological polar surface area (TPSA) is 100 Å². The molecule has 0 saturated heterocycles. The van der Waals surface area contributed by atoms with Crippen molar-refractivity contribution in [3.63, 3.8) is 0 Å². The number of hydrogen-bond acceptors (Lipinski definition) is 6. The number of aromatic nitrogens is 2. The van der Waals surface area contributed by atoms with Crippen molar-refractivity contribution >= 4 is 27.0 Å². The summed E-state index contributed by atoms with van der Waals surface area (Å²) in [6.07, 6.45) is 1.55. The molecule has 7 nitrogen and oxygen atoms in total. The van der Waals surface area contributed by atoms with Crippen LogP contribution in [0.4, 0.5) is 0 Å². The summed E-state index contributed by atoms with van der Waals surface area (Å²) in [6.45, 7) is -0.0134. The summed E-state index contributed by atoms with van der Waals surface area (Å²) >= 11 is 0. The quantitative estimate of drug-likeness (QED) is 0.442. The molecule has 2 aromatic rings. The van der Waals surface area contributed by atoms with Gasteiger partial charge in [-0.25, -0.2) is 13.2 Å². The standard InChI is InChI=1S/C12H12N2O5S/c1-19-12(15)10-2-3-11-9(8-10)4-5-14(13-11)6-7-20(16,17)18/h2-5,8H,6-7H2,1H3. The molecule has 0 amide bonds. The van der Waals surface area contributed by atoms with Gasteiger partial charge in [0.25, 0.3) is 0 Å². The van der Waals surface area contributed by atoms with Crippen LogP contribution in [0.1, 0.15) is 10.4 Å². The van der Waals surface area contributed by atoms with E-state index in [1.165, 1.54) is 11.8 Å². The normalized spacial score (nSPS) is 11.5. The molecular formula is C12H12N2O5S. The number of aryl methyl sites for hydroxylation is 1. The van der Waals surface area contributed by atoms with E-state index in [9.17, 15) is 17.8 Å². The van der Waals surface area contributed by atoms with Crippen molar-refractivity contribution in [2.24, 2.45) is 0 Å². The summed E-state index contributed by atoms with van der Waals surface area (Å²) < 4.78 is 37.7. The first-order valence-electron chi connectivity index (χ1n) is 5.71. The second-order valence-corrected chi connectivity index (χ2v) is 5.63. The van der Waals surface area contributed by atoms with Crippen LogP contribution in [-0.4, -0.2) is 36.9 Å². The van der Waals surface area contributed by atoms with Gasteiger partial charge in [-0.1, -0.05) is 4.68 Å². The first-order valence-corrected chi connectivity index (χ1v) is 7.29. The van der Waals surface area contributed by atoms with E-state index < -0.39 is 21.8 Å². The molecule has 0 aliphatic heterocycles. The summed E-state index contributed by atoms with van der Waals surface area (Å²) in [7, 11) is -2.97. The van der Waals surface area contributed by atoms with Crippen molar-refractivity contribution in [1.29, 1.82) is 0 Å². The minimum atomic E-state index is -4.27. The van der Waals surface area contributed by atoms with Crippen molar-refractivity contribution in [3.8, 4) is 0 Å². The molecule has 2 rings (SSSR count). The molecule has 0 bridgehead atoms. The molecule has 8 heteroatoms. The maximum absolute atomic E-state index is 11.4. The highest BCUT2D eigenvalue weighted by Crippen LogP contribution is 2.12. The van der Waals surface area contributed by atoms with Crippen LogP contribution in [0, 0.1) is 0 Å². The summed E-state index contributed by atoms with van der Waals surface area (Å²) in [4.78, 5) is 11.4. The number of ether oxygens (including phenoxy) is 1. The predicted octanol–water partition coefficient (Wildman–Crippen LogP) is -0.146. The largest absolute Gasteiger partial charge is 0.748 e. The van der Waals surface area contributed by atoms with Crippen LogP contribution in [0.5, 0.6) is 0 Å². The molecular weight excluding hydrogens is 284 g/mol. The van der Waals surface area contributed by atoms with Gasteiger partial charge < -0.3 is 9.29 Å². The van der Waals surface area contributed by atoms with Gasteiger partial charge in [0, 0.05) is 16.6 Å². The average Bonchev–Trinajstić information content (AvgIpc) is 2.42. The zero-order valence-corrected chi connectivity index (χ0v) is 11.5. The Morgan fingerprint density at radius 3 is 2.80 bits per heavy atom. The minimum absolute atomic E-state index is 0.0134. The number of hydrogen-bond donors (Lipinski definition) is 0. The molecule has 1 heterocycles. The van der Waals surface area contributed by atoms with E-state index in [1.807, 2.05) is 0 Å². The van der Waals surface area contributed by atoms with E-state index in [4.69, 9.17) is 0 Å². The fourth-order valence-corrected chi connectivity index (χ4v) is 2.10. The molecule has 20 heavy (non-hydrogen) atoms. The lowest BCUT2D eigenvalue weighted by atomic mass is 10.1. The molecule has 106 valence electrons. The van der Waals surface area contributed by atoms with Gasteiger partial charge in [-0.05, 0) is 18.2 Å². The molecule has 0 aliphatic rings. The van der Waals surface area contributed by atoms with Crippen LogP contribution < -0.4 is 4.68 Å². The Kier molecular flexibility index (Phi) is 3.96. The van der Waals surface area contributed by atoms with Gasteiger partial charge in [-0.15, -0.1) is 0 Å². The summed E-state index contributed by atoms with van der Waals surface area (Å²) in [5.41, 5.74) is 0.991. The molecule has 0 saturated carbocycles. The van der Waals surface area contributed by atoms with Crippen LogP contribution in [-0.2, 0) is 21.4 Å². The van der Waals surface area contributed by atoms with E-state index in [2.05, 4.69) is 9.84 Å². The van der Waals surface area contributed by atoms with Gasteiger partial charge in [-0.3, -0.25) is 0 Å². The first kappa shape index (κ1) is 14.4. The lowest BCUT2D eigenvalue weighted by molar-refractivity contribution is -0.747. The van der Waals surface area contributed by atoms with Crippen molar-refractivity contribution < 1.29 is 27.2 Å². The number of carbonyl (C=O) groups is 1. The van der Waals surface area contributed by atoms with Gasteiger partial charge in [0.2, 0.25) is 0 Å². The number of methoxy groups -OCH3 is 1. The highest BCUT2D eigenvalue weighted by atomic mass is 32.2. The predicted molar refractivity (Wildman–Crippen MR) is 67.8 cm³/mol. The van der Waals surface area contributed by atoms with E-state index in [0.717, 1.165) is 0 Å². The molecule has 1 aromatic carbocycles. The van der Waals surface area contributed by atoms with Crippen molar-refractivity contribution in [2.75, 3.05) is 12.9 Å². The van der Waals surface area contributed by atoms with E-state index in [1.54, 1.807) is 30.5 Å². The van der Waals surface area contributed by atoms with Gasteiger partial charge in [0.15, 0.2) is 12.7 Å². The second kappa shape index (κ2) is 5.51. The fourth-order valence-electron chi connectivity index (χ4n) is 1.69. The summed E-state index contributed by atoms with van der Waals surface area (Å²) in [6, 6.07) is 6.51. The minimum Gasteiger partial charge on any atom is -0.748 e. The second-order valence-electron chi connectivity index (χ2n) is 4.11. The third kappa shape index (κ3) is 3.49. The van der Waals surface area contributed by atoms with E-state index in [0.29, 0.717) is 16.5 Å². The number of fused-ring (bicyclic) bond motifs is 1. The van der Waals surface area contributed by atoms with Gasteiger partial charge in [-0.2, -0.15) is 0 Å². The van der Waals surface area contributed by atoms with E-state index in [-0.39, 0.29) is 6.54 Å². The van der Waals surface area contributed by atoms with Crippen LogP contribution in [0.2, 0.25) is 0 Å². The summed E-state index contributed by atoms with van der Waals surface area (Å²) in [5.74, 6) is -0.961. The lowest BCUT2D eigenvalue weighted by Crippen LogP contribution is -2.40. The molecule has 0 radical (unpaired) electrons. The SMILES string of the molecule is COC(=O)c1ccc2n[n+](CCS(=O)(=O)[O-])ccc2c1. The number of nitrogens with zero attached hydrogens (tertiary/aromatic N) is 2. The third-order valence-corrected chi connectivity index (χ3v) is 3.36. The monoisotopic (exact) mass is 296 g/mol. The number of esters is 1. The van der Waals surface area contributed by atoms with Crippen LogP contribution in [0.25, 0.3) is 10.9 Å². The maximum Gasteiger partial charge on any atom is 0.337 e. The van der Waals surface area contributed by atoms with Gasteiger partial charge >= 0.3 is 5.97 Å². The van der Waals surface area contributed by atoms with Crippen molar-refractivity contribution in [1.82, 2.24) is 5.10 Å². The molecule has 1 aromatic heterocycles. The Bertz CT molecular complexity index is 758. The number of carbonyl (C=O) groups excluding carboxylic acids is 1. The van der Waals surface area contributed by atoms with E-state index >= 15 is 0 Å². The summed E-state index contributed by atoms with van der Waals surface area (Å²) in [5, 5.41) is 4.88. The van der Waals surface area contributed by atoms with Gasteiger partial charge in [0.1, 0.15) is 15.6 Å². The first-order chi connectivity index (χ1) is 9.39. The highest BCUT2D eigenvalue weighted by Gasteiger charge is 2.10. The zero-order valence-electron chi connectivity index (χ0n) is 10.6. The molecule has 0 atom stereocenters. The average molecular weight is 296 g/mol. The number of rotatable bonds is 4. The molecule has 0 N–H and O–H groups in total. The Hall–Kier alpha value is -2.06. The number of benzene rings is 1. The Balaban J connectivity index is 2.29.